The third kappa shape index (κ3) is 7.95. The molecule has 0 heterocycles. The van der Waals surface area contributed by atoms with Crippen molar-refractivity contribution < 1.29 is 55.2 Å². The van der Waals surface area contributed by atoms with E-state index in [-0.39, 0.29) is 25.5 Å². The molecule has 0 radical (unpaired) electrons. The summed E-state index contributed by atoms with van der Waals surface area (Å²) in [5, 5.41) is 0. The Kier molecular flexibility index (Phi) is 8.95. The van der Waals surface area contributed by atoms with Crippen molar-refractivity contribution in [3.8, 4) is 0 Å². The number of hydrogen-bond donors (Lipinski definition) is 0. The average molecular weight is 257 g/mol. The Morgan fingerprint density at radius 3 is 2.31 bits per heavy atom. The number of hydroxylamine groups is 1. The van der Waals surface area contributed by atoms with Crippen LogP contribution in [0.5, 0.6) is 0 Å². The Hall–Kier alpha value is -0.273. The number of alkyl halides is 3. The van der Waals surface area contributed by atoms with Crippen molar-refractivity contribution in [3.63, 3.8) is 0 Å². The van der Waals surface area contributed by atoms with Crippen LogP contribution in [0.1, 0.15) is 6.92 Å². The molecule has 11 heteroatoms. The Morgan fingerprint density at radius 1 is 1.50 bits per heavy atom. The zero-order chi connectivity index (χ0) is 12.1. The summed E-state index contributed by atoms with van der Waals surface area (Å²) < 4.78 is 59.0. The van der Waals surface area contributed by atoms with Crippen LogP contribution in [0.2, 0.25) is 0 Å². The number of carbonyl (C=O) groups excluding carboxylic acids is 1. The van der Waals surface area contributed by atoms with Gasteiger partial charge in [0.2, 0.25) is 0 Å². The minimum Gasteiger partial charge on any atom is -0.753 e. The molecule has 0 N–H and O–H groups in total. The van der Waals surface area contributed by atoms with Gasteiger partial charge in [0.25, 0.3) is 0 Å². The van der Waals surface area contributed by atoms with Crippen molar-refractivity contribution in [1.29, 1.82) is 0 Å². The zero-order valence-corrected chi connectivity index (χ0v) is 9.26. The Morgan fingerprint density at radius 2 is 2.00 bits per heavy atom. The number of nitrogens with zero attached hydrogens (tertiary/aromatic N) is 1. The third-order valence-corrected chi connectivity index (χ3v) is 1.42. The van der Waals surface area contributed by atoms with Crippen LogP contribution in [0, 0.1) is 0 Å². The second kappa shape index (κ2) is 7.91. The first-order valence-corrected chi connectivity index (χ1v) is 4.57. The van der Waals surface area contributed by atoms with Crippen LogP contribution in [0.4, 0.5) is 18.0 Å². The van der Waals surface area contributed by atoms with Crippen LogP contribution in [-0.4, -0.2) is 38.7 Å². The fraction of sp³-hybridized carbons (Fsp3) is 0.800. The molecule has 0 saturated heterocycles. The van der Waals surface area contributed by atoms with Gasteiger partial charge in [-0.15, -0.1) is 4.47 Å². The third-order valence-electron chi connectivity index (χ3n) is 0.898. The van der Waals surface area contributed by atoms with E-state index in [0.717, 1.165) is 0 Å². The van der Waals surface area contributed by atoms with Crippen LogP contribution in [0.3, 0.4) is 0 Å². The van der Waals surface area contributed by atoms with E-state index in [9.17, 15) is 26.7 Å². The summed E-state index contributed by atoms with van der Waals surface area (Å²) in [6.07, 6.45) is -6.28. The molecule has 0 bridgehead atoms. The quantitative estimate of drug-likeness (QED) is 0.322. The van der Waals surface area contributed by atoms with E-state index in [2.05, 4.69) is 9.57 Å². The van der Waals surface area contributed by atoms with Crippen molar-refractivity contribution in [3.05, 3.63) is 0 Å². The Balaban J connectivity index is 0. The van der Waals surface area contributed by atoms with E-state index in [1.165, 1.54) is 6.92 Å². The summed E-state index contributed by atoms with van der Waals surface area (Å²) in [4.78, 5) is 14.4. The largest absolute Gasteiger partial charge is 1.00 e. The van der Waals surface area contributed by atoms with Gasteiger partial charge in [-0.1, -0.05) is 0 Å². The van der Waals surface area contributed by atoms with Crippen molar-refractivity contribution in [1.82, 2.24) is 4.47 Å². The summed E-state index contributed by atoms with van der Waals surface area (Å²) in [6.45, 7) is -0.741. The second-order valence-corrected chi connectivity index (χ2v) is 2.83. The molecule has 0 aliphatic carbocycles. The molecule has 0 aliphatic rings. The Bertz CT molecular complexity index is 251. The maximum atomic E-state index is 11.6. The molecule has 0 aromatic rings. The van der Waals surface area contributed by atoms with E-state index < -0.39 is 34.6 Å². The van der Waals surface area contributed by atoms with Gasteiger partial charge in [0, 0.05) is 0 Å². The first kappa shape index (κ1) is 18.1. The molecule has 0 rings (SSSR count). The minimum atomic E-state index is -4.75. The minimum absolute atomic E-state index is 0. The Labute approximate surface area is 104 Å². The SMILES string of the molecule is CCOC(=O)N(OCC(F)(F)F)S(=O)[O-].[Li+]. The van der Waals surface area contributed by atoms with E-state index in [4.69, 9.17) is 0 Å². The van der Waals surface area contributed by atoms with Crippen molar-refractivity contribution >= 4 is 17.4 Å². The number of hydrogen-bond acceptors (Lipinski definition) is 5. The smallest absolute Gasteiger partial charge is 0.753 e. The molecule has 6 nitrogen and oxygen atoms in total. The molecule has 0 aromatic carbocycles. The summed E-state index contributed by atoms with van der Waals surface area (Å²) >= 11 is -3.28. The molecule has 16 heavy (non-hydrogen) atoms. The fourth-order valence-corrected chi connectivity index (χ4v) is 0.778. The average Bonchev–Trinajstić information content (AvgIpc) is 2.01. The number of halogens is 3. The summed E-state index contributed by atoms with van der Waals surface area (Å²) in [6, 6.07) is 0. The summed E-state index contributed by atoms with van der Waals surface area (Å²) in [5.41, 5.74) is 0. The van der Waals surface area contributed by atoms with Gasteiger partial charge in [0.15, 0.2) is 6.61 Å². The van der Waals surface area contributed by atoms with E-state index in [1.54, 1.807) is 0 Å². The van der Waals surface area contributed by atoms with Crippen molar-refractivity contribution in [2.45, 2.75) is 13.1 Å². The van der Waals surface area contributed by atoms with Crippen LogP contribution >= 0.6 is 0 Å². The van der Waals surface area contributed by atoms with E-state index in [0.29, 0.717) is 0 Å². The fourth-order valence-electron chi connectivity index (χ4n) is 0.465. The number of ether oxygens (including phenoxy) is 1. The molecule has 90 valence electrons. The normalized spacial score (nSPS) is 12.6. The molecule has 0 aliphatic heterocycles. The number of amides is 1. The van der Waals surface area contributed by atoms with E-state index in [1.807, 2.05) is 0 Å². The molecule has 1 unspecified atom stereocenters. The molecule has 0 spiro atoms. The maximum absolute atomic E-state index is 11.6. The monoisotopic (exact) mass is 257 g/mol. The number of carbonyl (C=O) groups is 1. The van der Waals surface area contributed by atoms with Gasteiger partial charge in [-0.05, 0) is 6.92 Å². The van der Waals surface area contributed by atoms with Crippen LogP contribution in [0.25, 0.3) is 0 Å². The molecule has 0 saturated carbocycles. The van der Waals surface area contributed by atoms with Crippen LogP contribution in [0.15, 0.2) is 0 Å². The van der Waals surface area contributed by atoms with Gasteiger partial charge in [-0.3, -0.25) is 0 Å². The van der Waals surface area contributed by atoms with Gasteiger partial charge in [0.05, 0.1) is 17.9 Å². The predicted octanol–water partition coefficient (Wildman–Crippen LogP) is -2.26. The molecule has 1 amide bonds. The molecule has 0 aromatic heterocycles. The van der Waals surface area contributed by atoms with Gasteiger partial charge in [-0.2, -0.15) is 13.2 Å². The predicted molar refractivity (Wildman–Crippen MR) is 39.8 cm³/mol. The molecule has 0 fully saturated rings. The van der Waals surface area contributed by atoms with E-state index >= 15 is 0 Å². The maximum Gasteiger partial charge on any atom is 1.00 e. The van der Waals surface area contributed by atoms with Crippen LogP contribution < -0.4 is 18.9 Å². The van der Waals surface area contributed by atoms with Crippen molar-refractivity contribution in [2.75, 3.05) is 13.2 Å². The van der Waals surface area contributed by atoms with Gasteiger partial charge in [-0.25, -0.2) is 13.8 Å². The molecular formula is C5H7F3LiNO5S. The summed E-state index contributed by atoms with van der Waals surface area (Å²) in [5.74, 6) is 0. The first-order valence-electron chi connectivity index (χ1n) is 3.54. The number of rotatable bonds is 4. The zero-order valence-electron chi connectivity index (χ0n) is 8.44. The van der Waals surface area contributed by atoms with Gasteiger partial charge < -0.3 is 9.29 Å². The van der Waals surface area contributed by atoms with Gasteiger partial charge >= 0.3 is 31.1 Å². The summed E-state index contributed by atoms with van der Waals surface area (Å²) in [7, 11) is 0. The van der Waals surface area contributed by atoms with Gasteiger partial charge in [0.1, 0.15) is 0 Å². The molecular weight excluding hydrogens is 250 g/mol. The molecule has 1 atom stereocenters. The standard InChI is InChI=1S/C5H8F3NO5S.Li/c1-2-13-4(10)9(15(11)12)14-3-5(6,7)8;/h2-3H2,1H3,(H,11,12);/q;+1/p-1. The van der Waals surface area contributed by atoms with Crippen molar-refractivity contribution in [2.24, 2.45) is 0 Å². The topological polar surface area (TPSA) is 78.9 Å². The first-order chi connectivity index (χ1) is 6.78. The second-order valence-electron chi connectivity index (χ2n) is 2.06. The van der Waals surface area contributed by atoms with Crippen LogP contribution in [-0.2, 0) is 20.8 Å².